The monoisotopic (exact) mass is 517 g/mol. The van der Waals surface area contributed by atoms with Crippen LogP contribution in [0.1, 0.15) is 11.3 Å². The Morgan fingerprint density at radius 3 is 2.41 bits per heavy atom. The molecule has 178 valence electrons. The topological polar surface area (TPSA) is 93.5 Å². The maximum Gasteiger partial charge on any atom is 0.434 e. The van der Waals surface area contributed by atoms with E-state index in [2.05, 4.69) is 15.0 Å². The third kappa shape index (κ3) is 4.17. The number of methoxy groups -OCH3 is 1. The van der Waals surface area contributed by atoms with E-state index in [1.165, 1.54) is 36.4 Å². The summed E-state index contributed by atoms with van der Waals surface area (Å²) in [5, 5.41) is 28.2. The molecular weight excluding hydrogens is 505 g/mol. The van der Waals surface area contributed by atoms with Crippen molar-refractivity contribution in [2.45, 2.75) is 12.1 Å². The summed E-state index contributed by atoms with van der Waals surface area (Å²) in [7, 11) is 0.865. The predicted octanol–water partition coefficient (Wildman–Crippen LogP) is 5.40. The summed E-state index contributed by atoms with van der Waals surface area (Å²) in [6.07, 6.45) is -4.22. The van der Waals surface area contributed by atoms with Gasteiger partial charge in [0.05, 0.1) is 28.0 Å². The van der Waals surface area contributed by atoms with Crippen molar-refractivity contribution in [1.82, 2.24) is 14.9 Å². The van der Waals surface area contributed by atoms with Crippen LogP contribution in [-0.4, -0.2) is 32.3 Å². The summed E-state index contributed by atoms with van der Waals surface area (Å²) >= 11 is 12.0. The minimum atomic E-state index is -5.01. The summed E-state index contributed by atoms with van der Waals surface area (Å²) in [5.74, 6) is -4.95. The first-order valence-corrected chi connectivity index (χ1v) is 10.1. The predicted molar refractivity (Wildman–Crippen MR) is 113 cm³/mol. The molecule has 0 aliphatic rings. The van der Waals surface area contributed by atoms with Gasteiger partial charge in [0.25, 0.3) is 0 Å². The molecule has 0 atom stereocenters. The van der Waals surface area contributed by atoms with Crippen LogP contribution in [0.4, 0.5) is 17.6 Å². The molecule has 0 radical (unpaired) electrons. The fourth-order valence-corrected chi connectivity index (χ4v) is 3.80. The molecule has 0 bridgehead atoms. The Morgan fingerprint density at radius 2 is 1.79 bits per heavy atom. The third-order valence-electron chi connectivity index (χ3n) is 4.84. The van der Waals surface area contributed by atoms with Gasteiger partial charge in [-0.1, -0.05) is 40.5 Å². The zero-order chi connectivity index (χ0) is 24.8. The number of hydrogen-bond donors (Lipinski definition) is 2. The summed E-state index contributed by atoms with van der Waals surface area (Å²) in [5.41, 5.74) is -3.92. The van der Waals surface area contributed by atoms with Gasteiger partial charge in [0.1, 0.15) is 17.1 Å². The van der Waals surface area contributed by atoms with Gasteiger partial charge in [-0.3, -0.25) is 0 Å². The van der Waals surface area contributed by atoms with E-state index >= 15 is 0 Å². The van der Waals surface area contributed by atoms with Gasteiger partial charge in [-0.15, -0.1) is 0 Å². The van der Waals surface area contributed by atoms with E-state index in [4.69, 9.17) is 27.7 Å². The molecule has 0 fully saturated rings. The van der Waals surface area contributed by atoms with Crippen molar-refractivity contribution in [1.29, 1.82) is 0 Å². The molecule has 4 rings (SSSR count). The molecule has 2 N–H and O–H groups in total. The number of hydrogen-bond acceptors (Lipinski definition) is 6. The van der Waals surface area contributed by atoms with Gasteiger partial charge in [-0.2, -0.15) is 18.3 Å². The van der Waals surface area contributed by atoms with Crippen LogP contribution in [0.3, 0.4) is 0 Å². The van der Waals surface area contributed by atoms with Crippen molar-refractivity contribution in [3.63, 3.8) is 0 Å². The average Bonchev–Trinajstić information content (AvgIpc) is 3.38. The maximum atomic E-state index is 14.6. The Bertz CT molecular complexity index is 1350. The van der Waals surface area contributed by atoms with E-state index in [-0.39, 0.29) is 15.7 Å². The third-order valence-corrected chi connectivity index (χ3v) is 5.39. The molecule has 7 nitrogen and oxygen atoms in total. The number of benzene rings is 2. The fourth-order valence-electron chi connectivity index (χ4n) is 3.36. The molecule has 2 aromatic carbocycles. The second-order valence-corrected chi connectivity index (χ2v) is 7.78. The molecule has 0 unspecified atom stereocenters. The molecule has 0 amide bonds. The lowest BCUT2D eigenvalue weighted by molar-refractivity contribution is -0.338. The van der Waals surface area contributed by atoms with Gasteiger partial charge in [0, 0.05) is 12.1 Å². The van der Waals surface area contributed by atoms with Gasteiger partial charge in [0.2, 0.25) is 0 Å². The average molecular weight is 518 g/mol. The SMILES string of the molecule is COC(O)(O)c1c(-c2c(F)cccc2Cl)noc1-c1cnn(-c2cccc(Cl)c2)c1C(F)(F)F. The minimum absolute atomic E-state index is 0.0319. The number of rotatable bonds is 5. The molecule has 0 spiro atoms. The lowest BCUT2D eigenvalue weighted by atomic mass is 10.00. The van der Waals surface area contributed by atoms with Gasteiger partial charge in [-0.05, 0) is 30.3 Å². The van der Waals surface area contributed by atoms with E-state index in [1.807, 2.05) is 0 Å². The Hall–Kier alpha value is -2.96. The van der Waals surface area contributed by atoms with Crippen LogP contribution in [0.25, 0.3) is 28.3 Å². The Labute approximate surface area is 198 Å². The summed E-state index contributed by atoms with van der Waals surface area (Å²) in [6, 6.07) is 9.03. The van der Waals surface area contributed by atoms with Crippen molar-refractivity contribution in [3.05, 3.63) is 75.8 Å². The number of nitrogens with zero attached hydrogens (tertiary/aromatic N) is 3. The molecule has 4 aromatic rings. The summed E-state index contributed by atoms with van der Waals surface area (Å²) in [6.45, 7) is 0. The first kappa shape index (κ1) is 24.2. The first-order chi connectivity index (χ1) is 16.0. The fraction of sp³-hybridized carbons (Fsp3) is 0.143. The summed E-state index contributed by atoms with van der Waals surface area (Å²) < 4.78 is 67.4. The van der Waals surface area contributed by atoms with E-state index in [0.717, 1.165) is 19.4 Å². The molecule has 0 aliphatic carbocycles. The molecule has 2 heterocycles. The van der Waals surface area contributed by atoms with Crippen molar-refractivity contribution < 1.29 is 37.0 Å². The number of halogens is 6. The van der Waals surface area contributed by atoms with Gasteiger partial charge >= 0.3 is 12.1 Å². The zero-order valence-corrected chi connectivity index (χ0v) is 18.5. The van der Waals surface area contributed by atoms with Crippen molar-refractivity contribution in [3.8, 4) is 28.3 Å². The summed E-state index contributed by atoms with van der Waals surface area (Å²) in [4.78, 5) is 0. The molecule has 2 aromatic heterocycles. The molecular formula is C21H13Cl2F4N3O4. The number of alkyl halides is 3. The van der Waals surface area contributed by atoms with Gasteiger partial charge in [-0.25, -0.2) is 9.07 Å². The van der Waals surface area contributed by atoms with Crippen molar-refractivity contribution in [2.75, 3.05) is 7.11 Å². The maximum absolute atomic E-state index is 14.6. The van der Waals surface area contributed by atoms with Gasteiger partial charge < -0.3 is 19.5 Å². The highest BCUT2D eigenvalue weighted by atomic mass is 35.5. The Kier molecular flexibility index (Phi) is 6.17. The van der Waals surface area contributed by atoms with Crippen LogP contribution < -0.4 is 0 Å². The van der Waals surface area contributed by atoms with E-state index in [9.17, 15) is 27.8 Å². The molecule has 0 saturated carbocycles. The lowest BCUT2D eigenvalue weighted by Gasteiger charge is -2.20. The van der Waals surface area contributed by atoms with Crippen LogP contribution in [0.15, 0.2) is 53.2 Å². The highest BCUT2D eigenvalue weighted by Crippen LogP contribution is 2.45. The first-order valence-electron chi connectivity index (χ1n) is 9.31. The second-order valence-electron chi connectivity index (χ2n) is 6.94. The van der Waals surface area contributed by atoms with Crippen molar-refractivity contribution >= 4 is 23.2 Å². The largest absolute Gasteiger partial charge is 0.434 e. The van der Waals surface area contributed by atoms with Crippen LogP contribution in [0.5, 0.6) is 0 Å². The molecule has 13 heteroatoms. The Balaban J connectivity index is 2.04. The number of aromatic nitrogens is 3. The Morgan fingerprint density at radius 1 is 1.09 bits per heavy atom. The number of aliphatic hydroxyl groups is 2. The van der Waals surface area contributed by atoms with E-state index < -0.39 is 51.8 Å². The smallest absolute Gasteiger partial charge is 0.355 e. The zero-order valence-electron chi connectivity index (χ0n) is 16.9. The highest BCUT2D eigenvalue weighted by Gasteiger charge is 2.45. The van der Waals surface area contributed by atoms with Crippen molar-refractivity contribution in [2.24, 2.45) is 0 Å². The van der Waals surface area contributed by atoms with Crippen LogP contribution in [0.2, 0.25) is 10.0 Å². The highest BCUT2D eigenvalue weighted by molar-refractivity contribution is 6.33. The lowest BCUT2D eigenvalue weighted by Crippen LogP contribution is -2.28. The van der Waals surface area contributed by atoms with Crippen LogP contribution in [-0.2, 0) is 16.9 Å². The van der Waals surface area contributed by atoms with Gasteiger partial charge in [0.15, 0.2) is 11.5 Å². The molecule has 0 aliphatic heterocycles. The number of ether oxygens (including phenoxy) is 1. The normalized spacial score (nSPS) is 12.4. The standard InChI is InChI=1S/C21H13Cl2F4N3O4/c1-33-21(31,32)16-17(15-13(23)6-3-7-14(15)24)29-34-18(16)12-9-28-30(19(12)20(25,26)27)11-5-2-4-10(22)8-11/h2-9,31-32H,1H3. The second kappa shape index (κ2) is 8.67. The van der Waals surface area contributed by atoms with Crippen LogP contribution in [0, 0.1) is 5.82 Å². The van der Waals surface area contributed by atoms with Crippen LogP contribution >= 0.6 is 23.2 Å². The van der Waals surface area contributed by atoms with E-state index in [1.54, 1.807) is 0 Å². The van der Waals surface area contributed by atoms with E-state index in [0.29, 0.717) is 4.68 Å². The minimum Gasteiger partial charge on any atom is -0.355 e. The molecule has 0 saturated heterocycles. The quantitative estimate of drug-likeness (QED) is 0.272. The molecule has 34 heavy (non-hydrogen) atoms.